The summed E-state index contributed by atoms with van der Waals surface area (Å²) in [6.07, 6.45) is 1.86. The summed E-state index contributed by atoms with van der Waals surface area (Å²) in [5.74, 6) is -0.347. The fourth-order valence-electron chi connectivity index (χ4n) is 3.57. The number of hydrogen-bond acceptors (Lipinski definition) is 4. The maximum absolute atomic E-state index is 14.3. The molecule has 5 nitrogen and oxygen atoms in total. The molecule has 0 fully saturated rings. The monoisotopic (exact) mass is 403 g/mol. The first-order valence-electron chi connectivity index (χ1n) is 9.83. The van der Waals surface area contributed by atoms with E-state index < -0.39 is 0 Å². The van der Waals surface area contributed by atoms with Gasteiger partial charge in [-0.1, -0.05) is 36.4 Å². The number of rotatable bonds is 6. The van der Waals surface area contributed by atoms with Crippen LogP contribution >= 0.6 is 0 Å². The molecule has 2 aromatic carbocycles. The Morgan fingerprint density at radius 2 is 1.93 bits per heavy atom. The number of amides is 1. The Balaban J connectivity index is 1.60. The van der Waals surface area contributed by atoms with Gasteiger partial charge in [0.1, 0.15) is 11.5 Å². The summed E-state index contributed by atoms with van der Waals surface area (Å²) in [5, 5.41) is 0. The highest BCUT2D eigenvalue weighted by molar-refractivity contribution is 5.93. The Kier molecular flexibility index (Phi) is 5.57. The standard InChI is InChI=1S/C24H22FN3O2/c1-3-30-23-19(18-9-4-5-10-21(18)25)11-12-22(27-23)24(29)28(2)15-17-8-6-7-16-13-26-14-20(16)17/h4-13H,3,14-15H2,1-2H3. The number of fused-ring (bicyclic) bond motifs is 1. The molecule has 6 heteroatoms. The molecular formula is C24H22FN3O2. The number of aromatic nitrogens is 1. The van der Waals surface area contributed by atoms with E-state index in [1.165, 1.54) is 6.07 Å². The Morgan fingerprint density at radius 3 is 2.73 bits per heavy atom. The molecule has 0 radical (unpaired) electrons. The van der Waals surface area contributed by atoms with Crippen molar-refractivity contribution in [2.75, 3.05) is 13.7 Å². The minimum atomic E-state index is -0.364. The second-order valence-electron chi connectivity index (χ2n) is 7.08. The van der Waals surface area contributed by atoms with Gasteiger partial charge < -0.3 is 9.64 Å². The van der Waals surface area contributed by atoms with Crippen LogP contribution in [0.4, 0.5) is 4.39 Å². The number of ether oxygens (including phenoxy) is 1. The van der Waals surface area contributed by atoms with E-state index in [2.05, 4.69) is 9.98 Å². The van der Waals surface area contributed by atoms with E-state index in [0.29, 0.717) is 30.8 Å². The molecule has 30 heavy (non-hydrogen) atoms. The fourth-order valence-corrected chi connectivity index (χ4v) is 3.57. The van der Waals surface area contributed by atoms with Crippen molar-refractivity contribution in [1.82, 2.24) is 9.88 Å². The molecule has 0 N–H and O–H groups in total. The summed E-state index contributed by atoms with van der Waals surface area (Å²) in [6, 6.07) is 15.7. The first kappa shape index (κ1) is 19.8. The maximum Gasteiger partial charge on any atom is 0.272 e. The number of hydrogen-bond donors (Lipinski definition) is 0. The highest BCUT2D eigenvalue weighted by Gasteiger charge is 2.20. The molecule has 1 aromatic heterocycles. The molecule has 4 rings (SSSR count). The van der Waals surface area contributed by atoms with E-state index >= 15 is 0 Å². The predicted molar refractivity (Wildman–Crippen MR) is 114 cm³/mol. The molecule has 0 spiro atoms. The van der Waals surface area contributed by atoms with Crippen molar-refractivity contribution in [3.8, 4) is 17.0 Å². The third-order valence-corrected chi connectivity index (χ3v) is 5.07. The number of carbonyl (C=O) groups excluding carboxylic acids is 1. The number of aliphatic imine (C=N–C) groups is 1. The van der Waals surface area contributed by atoms with Gasteiger partial charge in [0, 0.05) is 30.9 Å². The Labute approximate surface area is 174 Å². The summed E-state index contributed by atoms with van der Waals surface area (Å²) in [5.41, 5.74) is 4.47. The fraction of sp³-hybridized carbons (Fsp3) is 0.208. The van der Waals surface area contributed by atoms with E-state index in [1.807, 2.05) is 31.3 Å². The molecule has 0 aliphatic carbocycles. The van der Waals surface area contributed by atoms with Crippen LogP contribution in [0.5, 0.6) is 5.88 Å². The lowest BCUT2D eigenvalue weighted by atomic mass is 10.0. The molecule has 1 amide bonds. The highest BCUT2D eigenvalue weighted by Crippen LogP contribution is 2.31. The molecular weight excluding hydrogens is 381 g/mol. The third kappa shape index (κ3) is 3.81. The van der Waals surface area contributed by atoms with Crippen LogP contribution in [0, 0.1) is 5.82 Å². The van der Waals surface area contributed by atoms with Crippen LogP contribution in [0.1, 0.15) is 34.1 Å². The van der Waals surface area contributed by atoms with Crippen molar-refractivity contribution in [2.24, 2.45) is 4.99 Å². The molecule has 1 aliphatic heterocycles. The molecule has 0 unspecified atom stereocenters. The quantitative estimate of drug-likeness (QED) is 0.609. The van der Waals surface area contributed by atoms with Crippen LogP contribution in [0.15, 0.2) is 59.6 Å². The second-order valence-corrected chi connectivity index (χ2v) is 7.08. The Hall–Kier alpha value is -3.54. The van der Waals surface area contributed by atoms with Gasteiger partial charge in [-0.3, -0.25) is 9.79 Å². The minimum Gasteiger partial charge on any atom is -0.478 e. The van der Waals surface area contributed by atoms with Crippen LogP contribution in [0.3, 0.4) is 0 Å². The van der Waals surface area contributed by atoms with Crippen LogP contribution < -0.4 is 4.74 Å². The average molecular weight is 403 g/mol. The zero-order valence-corrected chi connectivity index (χ0v) is 16.9. The molecule has 3 aromatic rings. The lowest BCUT2D eigenvalue weighted by molar-refractivity contribution is 0.0778. The molecule has 0 atom stereocenters. The number of carbonyl (C=O) groups is 1. The lowest BCUT2D eigenvalue weighted by Crippen LogP contribution is -2.27. The van der Waals surface area contributed by atoms with Crippen LogP contribution in [-0.2, 0) is 13.1 Å². The third-order valence-electron chi connectivity index (χ3n) is 5.07. The van der Waals surface area contributed by atoms with Crippen molar-refractivity contribution in [2.45, 2.75) is 20.0 Å². The number of halogens is 1. The topological polar surface area (TPSA) is 54.8 Å². The summed E-state index contributed by atoms with van der Waals surface area (Å²) < 4.78 is 19.9. The molecule has 0 bridgehead atoms. The van der Waals surface area contributed by atoms with Crippen molar-refractivity contribution in [3.63, 3.8) is 0 Å². The number of pyridine rings is 1. The van der Waals surface area contributed by atoms with E-state index in [-0.39, 0.29) is 23.3 Å². The van der Waals surface area contributed by atoms with Crippen LogP contribution in [0.25, 0.3) is 11.1 Å². The smallest absolute Gasteiger partial charge is 0.272 e. The van der Waals surface area contributed by atoms with Gasteiger partial charge >= 0.3 is 0 Å². The summed E-state index contributed by atoms with van der Waals surface area (Å²) in [6.45, 7) is 3.27. The summed E-state index contributed by atoms with van der Waals surface area (Å²) in [4.78, 5) is 23.4. The SMILES string of the molecule is CCOc1nc(C(=O)N(C)Cc2cccc3c2CN=C3)ccc1-c1ccccc1F. The largest absolute Gasteiger partial charge is 0.478 e. The van der Waals surface area contributed by atoms with Crippen LogP contribution in [-0.4, -0.2) is 35.7 Å². The number of nitrogens with zero attached hydrogens (tertiary/aromatic N) is 3. The van der Waals surface area contributed by atoms with Gasteiger partial charge in [-0.05, 0) is 41.8 Å². The van der Waals surface area contributed by atoms with Gasteiger partial charge in [-0.2, -0.15) is 0 Å². The minimum absolute atomic E-state index is 0.229. The molecule has 1 aliphatic rings. The van der Waals surface area contributed by atoms with Gasteiger partial charge in [0.2, 0.25) is 5.88 Å². The van der Waals surface area contributed by atoms with Crippen molar-refractivity contribution < 1.29 is 13.9 Å². The van der Waals surface area contributed by atoms with Crippen LogP contribution in [0.2, 0.25) is 0 Å². The number of benzene rings is 2. The first-order chi connectivity index (χ1) is 14.6. The molecule has 0 saturated carbocycles. The molecule has 2 heterocycles. The zero-order valence-electron chi connectivity index (χ0n) is 16.9. The van der Waals surface area contributed by atoms with Crippen molar-refractivity contribution in [3.05, 3.63) is 82.8 Å². The van der Waals surface area contributed by atoms with E-state index in [0.717, 1.165) is 16.7 Å². The van der Waals surface area contributed by atoms with Gasteiger partial charge in [-0.25, -0.2) is 9.37 Å². The second kappa shape index (κ2) is 8.45. The Morgan fingerprint density at radius 1 is 1.10 bits per heavy atom. The first-order valence-corrected chi connectivity index (χ1v) is 9.83. The van der Waals surface area contributed by atoms with Gasteiger partial charge in [-0.15, -0.1) is 0 Å². The van der Waals surface area contributed by atoms with Gasteiger partial charge in [0.25, 0.3) is 5.91 Å². The summed E-state index contributed by atoms with van der Waals surface area (Å²) in [7, 11) is 1.74. The maximum atomic E-state index is 14.3. The van der Waals surface area contributed by atoms with Crippen molar-refractivity contribution >= 4 is 12.1 Å². The Bertz CT molecular complexity index is 1130. The average Bonchev–Trinajstić information content (AvgIpc) is 3.24. The summed E-state index contributed by atoms with van der Waals surface area (Å²) >= 11 is 0. The van der Waals surface area contributed by atoms with E-state index in [4.69, 9.17) is 4.74 Å². The highest BCUT2D eigenvalue weighted by atomic mass is 19.1. The van der Waals surface area contributed by atoms with Gasteiger partial charge in [0.15, 0.2) is 0 Å². The predicted octanol–water partition coefficient (Wildman–Crippen LogP) is 4.49. The molecule has 0 saturated heterocycles. The molecule has 152 valence electrons. The normalized spacial score (nSPS) is 12.0. The van der Waals surface area contributed by atoms with E-state index in [1.54, 1.807) is 42.3 Å². The lowest BCUT2D eigenvalue weighted by Gasteiger charge is -2.19. The van der Waals surface area contributed by atoms with E-state index in [9.17, 15) is 9.18 Å². The zero-order chi connectivity index (χ0) is 21.1. The van der Waals surface area contributed by atoms with Crippen molar-refractivity contribution in [1.29, 1.82) is 0 Å². The van der Waals surface area contributed by atoms with Gasteiger partial charge in [0.05, 0.1) is 13.2 Å².